The third-order valence-electron chi connectivity index (χ3n) is 7.25. The fourth-order valence-electron chi connectivity index (χ4n) is 4.98. The summed E-state index contributed by atoms with van der Waals surface area (Å²) in [4.78, 5) is 39.1. The number of rotatable bonds is 12. The van der Waals surface area contributed by atoms with E-state index in [4.69, 9.17) is 18.9 Å². The number of carbonyl (C=O) groups excluding carboxylic acids is 2. The van der Waals surface area contributed by atoms with Gasteiger partial charge in [0.2, 0.25) is 15.9 Å². The number of ether oxygens (including phenoxy) is 4. The maximum absolute atomic E-state index is 14.0. The summed E-state index contributed by atoms with van der Waals surface area (Å²) in [6.45, 7) is 1.36. The SMILES string of the molecule is COc1ccc(C(=O)CC2c3c(Br)c(OC)c(OC)c(Br)c3C=CN2C(=O)[C@H](C)NS(=O)(=O)c2ccc([N+](=O)[O-])cc2)cc1OC. The van der Waals surface area contributed by atoms with Crippen molar-refractivity contribution in [2.24, 2.45) is 0 Å². The molecule has 4 rings (SSSR count). The van der Waals surface area contributed by atoms with E-state index in [0.717, 1.165) is 24.3 Å². The molecule has 3 aromatic rings. The van der Waals surface area contributed by atoms with Crippen LogP contribution in [0.5, 0.6) is 23.0 Å². The van der Waals surface area contributed by atoms with E-state index in [1.165, 1.54) is 52.5 Å². The fourth-order valence-corrected chi connectivity index (χ4v) is 7.69. The van der Waals surface area contributed by atoms with Crippen molar-refractivity contribution in [2.45, 2.75) is 30.3 Å². The Labute approximate surface area is 281 Å². The first-order chi connectivity index (χ1) is 21.8. The maximum Gasteiger partial charge on any atom is 0.269 e. The number of non-ortho nitro benzene ring substituents is 1. The minimum absolute atomic E-state index is 0.221. The summed E-state index contributed by atoms with van der Waals surface area (Å²) in [6, 6.07) is 6.72. The van der Waals surface area contributed by atoms with Crippen molar-refractivity contribution in [3.05, 3.63) is 84.4 Å². The van der Waals surface area contributed by atoms with Crippen molar-refractivity contribution < 1.29 is 41.9 Å². The van der Waals surface area contributed by atoms with E-state index in [-0.39, 0.29) is 22.8 Å². The minimum Gasteiger partial charge on any atom is -0.493 e. The molecule has 1 aliphatic rings. The minimum atomic E-state index is -4.27. The Balaban J connectivity index is 1.75. The number of carbonyl (C=O) groups is 2. The second-order valence-electron chi connectivity index (χ2n) is 9.89. The zero-order valence-corrected chi connectivity index (χ0v) is 29.2. The molecule has 0 radical (unpaired) electrons. The quantitative estimate of drug-likeness (QED) is 0.138. The maximum atomic E-state index is 14.0. The van der Waals surface area contributed by atoms with Gasteiger partial charge in [-0.25, -0.2) is 8.42 Å². The number of nitrogens with zero attached hydrogens (tertiary/aromatic N) is 2. The lowest BCUT2D eigenvalue weighted by atomic mass is 9.90. The van der Waals surface area contributed by atoms with Crippen LogP contribution in [0.1, 0.15) is 40.9 Å². The third kappa shape index (κ3) is 6.74. The molecule has 1 unspecified atom stereocenters. The van der Waals surface area contributed by atoms with Crippen LogP contribution in [-0.4, -0.2) is 64.4 Å². The van der Waals surface area contributed by atoms with Gasteiger partial charge in [0.1, 0.15) is 0 Å². The van der Waals surface area contributed by atoms with Crippen LogP contribution < -0.4 is 23.7 Å². The van der Waals surface area contributed by atoms with E-state index in [9.17, 15) is 28.1 Å². The first-order valence-corrected chi connectivity index (χ1v) is 16.5. The van der Waals surface area contributed by atoms with E-state index in [0.29, 0.717) is 48.6 Å². The first-order valence-electron chi connectivity index (χ1n) is 13.4. The molecule has 0 bridgehead atoms. The molecule has 0 aromatic heterocycles. The van der Waals surface area contributed by atoms with Crippen LogP contribution in [0.4, 0.5) is 5.69 Å². The molecule has 3 aromatic carbocycles. The van der Waals surface area contributed by atoms with Gasteiger partial charge >= 0.3 is 0 Å². The van der Waals surface area contributed by atoms with Gasteiger partial charge in [-0.2, -0.15) is 4.72 Å². The number of halogens is 2. The second-order valence-corrected chi connectivity index (χ2v) is 13.2. The summed E-state index contributed by atoms with van der Waals surface area (Å²) in [7, 11) is 1.57. The summed E-state index contributed by atoms with van der Waals surface area (Å²) in [5.74, 6) is 0.449. The fraction of sp³-hybridized carbons (Fsp3) is 0.267. The van der Waals surface area contributed by atoms with Gasteiger partial charge in [-0.3, -0.25) is 19.7 Å². The normalized spacial score (nSPS) is 14.7. The highest BCUT2D eigenvalue weighted by atomic mass is 79.9. The van der Waals surface area contributed by atoms with Crippen LogP contribution in [-0.2, 0) is 14.8 Å². The molecule has 46 heavy (non-hydrogen) atoms. The van der Waals surface area contributed by atoms with Gasteiger partial charge in [-0.1, -0.05) is 0 Å². The molecule has 0 spiro atoms. The Morgan fingerprint density at radius 2 is 1.57 bits per heavy atom. The summed E-state index contributed by atoms with van der Waals surface area (Å²) in [6.07, 6.45) is 2.89. The molecule has 0 aliphatic carbocycles. The number of benzene rings is 3. The summed E-state index contributed by atoms with van der Waals surface area (Å²) in [5, 5.41) is 11.0. The van der Waals surface area contributed by atoms with Crippen molar-refractivity contribution in [1.29, 1.82) is 0 Å². The van der Waals surface area contributed by atoms with Gasteiger partial charge in [0.25, 0.3) is 5.69 Å². The number of nitrogens with one attached hydrogen (secondary N) is 1. The smallest absolute Gasteiger partial charge is 0.269 e. The van der Waals surface area contributed by atoms with Crippen LogP contribution in [0.2, 0.25) is 0 Å². The predicted molar refractivity (Wildman–Crippen MR) is 175 cm³/mol. The molecular weight excluding hydrogens is 754 g/mol. The van der Waals surface area contributed by atoms with Crippen molar-refractivity contribution in [1.82, 2.24) is 9.62 Å². The highest BCUT2D eigenvalue weighted by Crippen LogP contribution is 2.51. The van der Waals surface area contributed by atoms with Crippen LogP contribution in [0.25, 0.3) is 6.08 Å². The van der Waals surface area contributed by atoms with Gasteiger partial charge < -0.3 is 23.8 Å². The Morgan fingerprint density at radius 1 is 0.957 bits per heavy atom. The average molecular weight is 783 g/mol. The Kier molecular flexibility index (Phi) is 10.8. The van der Waals surface area contributed by atoms with Crippen molar-refractivity contribution in [2.75, 3.05) is 28.4 Å². The molecule has 2 atom stereocenters. The van der Waals surface area contributed by atoms with Crippen LogP contribution in [0, 0.1) is 10.1 Å². The highest BCUT2D eigenvalue weighted by Gasteiger charge is 2.38. The standard InChI is InChI=1S/C30H29Br2N3O10S/c1-16(33-46(40,41)19-9-7-18(8-10-19)35(38)39)30(37)34-13-12-20-25(27(32)29(45-5)28(44-4)26(20)31)21(34)15-22(36)17-6-11-23(42-2)24(14-17)43-3/h6-14,16,21,33H,15H2,1-5H3/t16-,21?/m0/s1. The third-order valence-corrected chi connectivity index (χ3v) is 10.4. The summed E-state index contributed by atoms with van der Waals surface area (Å²) in [5.41, 5.74) is 1.13. The van der Waals surface area contributed by atoms with E-state index in [1.807, 2.05) is 0 Å². The molecule has 16 heteroatoms. The number of Topliss-reactive ketones (excluding diaryl/α,β-unsaturated/α-hetero) is 1. The van der Waals surface area contributed by atoms with Crippen molar-refractivity contribution in [3.8, 4) is 23.0 Å². The molecule has 0 fully saturated rings. The van der Waals surface area contributed by atoms with E-state index in [1.54, 1.807) is 18.2 Å². The first kappa shape index (κ1) is 34.9. The summed E-state index contributed by atoms with van der Waals surface area (Å²) < 4.78 is 51.4. The lowest BCUT2D eigenvalue weighted by Crippen LogP contribution is -2.47. The Morgan fingerprint density at radius 3 is 2.13 bits per heavy atom. The van der Waals surface area contributed by atoms with Crippen LogP contribution in [0.3, 0.4) is 0 Å². The predicted octanol–water partition coefficient (Wildman–Crippen LogP) is 5.65. The zero-order chi connectivity index (χ0) is 33.9. The number of ketones is 1. The zero-order valence-electron chi connectivity index (χ0n) is 25.2. The molecule has 13 nitrogen and oxygen atoms in total. The number of fused-ring (bicyclic) bond motifs is 1. The molecule has 1 aliphatic heterocycles. The van der Waals surface area contributed by atoms with Gasteiger partial charge in [-0.15, -0.1) is 0 Å². The Hall–Kier alpha value is -3.99. The van der Waals surface area contributed by atoms with Crippen LogP contribution in [0.15, 0.2) is 62.5 Å². The van der Waals surface area contributed by atoms with E-state index < -0.39 is 32.9 Å². The number of methoxy groups -OCH3 is 4. The Bertz CT molecular complexity index is 1830. The number of nitro benzene ring substituents is 1. The number of nitro groups is 1. The van der Waals surface area contributed by atoms with Gasteiger partial charge in [0.15, 0.2) is 28.8 Å². The topological polar surface area (TPSA) is 164 Å². The van der Waals surface area contributed by atoms with Crippen molar-refractivity contribution >= 4 is 65.3 Å². The molecule has 0 saturated heterocycles. The molecule has 1 amide bonds. The second kappa shape index (κ2) is 14.2. The van der Waals surface area contributed by atoms with Crippen molar-refractivity contribution in [3.63, 3.8) is 0 Å². The highest BCUT2D eigenvalue weighted by molar-refractivity contribution is 9.11. The van der Waals surface area contributed by atoms with Gasteiger partial charge in [-0.05, 0) is 75.2 Å². The van der Waals surface area contributed by atoms with E-state index >= 15 is 0 Å². The molecule has 244 valence electrons. The molecule has 0 saturated carbocycles. The van der Waals surface area contributed by atoms with Crippen LogP contribution >= 0.6 is 31.9 Å². The number of hydrogen-bond donors (Lipinski definition) is 1. The van der Waals surface area contributed by atoms with Gasteiger partial charge in [0, 0.05) is 41.4 Å². The largest absolute Gasteiger partial charge is 0.493 e. The lowest BCUT2D eigenvalue weighted by molar-refractivity contribution is -0.384. The molecule has 1 heterocycles. The molecular formula is C30H29Br2N3O10S. The molecule has 1 N–H and O–H groups in total. The number of hydrogen-bond acceptors (Lipinski definition) is 10. The van der Waals surface area contributed by atoms with E-state index in [2.05, 4.69) is 36.6 Å². The lowest BCUT2D eigenvalue weighted by Gasteiger charge is -2.36. The average Bonchev–Trinajstić information content (AvgIpc) is 3.04. The monoisotopic (exact) mass is 781 g/mol. The number of amides is 1. The number of sulfonamides is 1. The van der Waals surface area contributed by atoms with Gasteiger partial charge in [0.05, 0.1) is 59.3 Å². The summed E-state index contributed by atoms with van der Waals surface area (Å²) >= 11 is 7.15.